The molecule has 1 aromatic heterocycles. The van der Waals surface area contributed by atoms with Gasteiger partial charge in [-0.2, -0.15) is 0 Å². The number of hydrogen-bond acceptors (Lipinski definition) is 6. The first-order valence-electron chi connectivity index (χ1n) is 10.6. The second-order valence-corrected chi connectivity index (χ2v) is 9.57. The molecule has 0 aliphatic rings. The molecule has 1 aromatic carbocycles. The van der Waals surface area contributed by atoms with E-state index >= 15 is 0 Å². The first-order valence-corrected chi connectivity index (χ1v) is 11.5. The minimum Gasteiger partial charge on any atom is -0.444 e. The molecule has 174 valence electrons. The number of nitro benzene ring substituents is 1. The van der Waals surface area contributed by atoms with Gasteiger partial charge in [-0.15, -0.1) is 11.3 Å². The van der Waals surface area contributed by atoms with Gasteiger partial charge in [0.2, 0.25) is 5.91 Å². The number of benzene rings is 1. The molecule has 0 fully saturated rings. The minimum absolute atomic E-state index is 0.00250. The Morgan fingerprint density at radius 1 is 1.19 bits per heavy atom. The number of amides is 2. The van der Waals surface area contributed by atoms with Gasteiger partial charge in [-0.05, 0) is 44.2 Å². The van der Waals surface area contributed by atoms with Crippen LogP contribution in [-0.2, 0) is 22.6 Å². The highest BCUT2D eigenvalue weighted by Crippen LogP contribution is 2.19. The number of rotatable bonds is 10. The first-order chi connectivity index (χ1) is 15.1. The van der Waals surface area contributed by atoms with Crippen LogP contribution in [0.3, 0.4) is 0 Å². The Labute approximate surface area is 192 Å². The van der Waals surface area contributed by atoms with Crippen molar-refractivity contribution < 1.29 is 19.2 Å². The van der Waals surface area contributed by atoms with E-state index in [2.05, 4.69) is 5.32 Å². The smallest absolute Gasteiger partial charge is 0.408 e. The fraction of sp³-hybridized carbons (Fsp3) is 0.478. The molecule has 8 nitrogen and oxygen atoms in total. The average molecular weight is 462 g/mol. The fourth-order valence-corrected chi connectivity index (χ4v) is 3.80. The number of non-ortho nitro benzene ring substituents is 1. The van der Waals surface area contributed by atoms with Crippen LogP contribution in [0, 0.1) is 10.1 Å². The molecule has 0 aliphatic carbocycles. The molecule has 1 atom stereocenters. The third kappa shape index (κ3) is 8.30. The van der Waals surface area contributed by atoms with Gasteiger partial charge >= 0.3 is 6.09 Å². The number of hydrogen-bond donors (Lipinski definition) is 1. The average Bonchev–Trinajstić information content (AvgIpc) is 3.22. The topological polar surface area (TPSA) is 102 Å². The molecule has 0 saturated heterocycles. The van der Waals surface area contributed by atoms with Gasteiger partial charge in [0, 0.05) is 23.6 Å². The summed E-state index contributed by atoms with van der Waals surface area (Å²) >= 11 is 1.54. The highest BCUT2D eigenvalue weighted by molar-refractivity contribution is 7.09. The highest BCUT2D eigenvalue weighted by atomic mass is 32.1. The third-order valence-electron chi connectivity index (χ3n) is 4.59. The second-order valence-electron chi connectivity index (χ2n) is 8.54. The largest absolute Gasteiger partial charge is 0.444 e. The predicted octanol–water partition coefficient (Wildman–Crippen LogP) is 5.27. The number of carbonyl (C=O) groups is 2. The van der Waals surface area contributed by atoms with E-state index in [1.54, 1.807) is 49.1 Å². The number of nitrogens with zero attached hydrogens (tertiary/aromatic N) is 2. The van der Waals surface area contributed by atoms with Gasteiger partial charge in [0.15, 0.2) is 0 Å². The maximum Gasteiger partial charge on any atom is 0.408 e. The minimum atomic E-state index is -0.720. The summed E-state index contributed by atoms with van der Waals surface area (Å²) in [7, 11) is 0. The molecule has 1 N–H and O–H groups in total. The quantitative estimate of drug-likeness (QED) is 0.384. The third-order valence-corrected chi connectivity index (χ3v) is 5.46. The second kappa shape index (κ2) is 11.6. The molecule has 0 radical (unpaired) electrons. The summed E-state index contributed by atoms with van der Waals surface area (Å²) in [6.07, 6.45) is 1.53. The molecule has 0 saturated carbocycles. The van der Waals surface area contributed by atoms with Crippen molar-refractivity contribution in [1.82, 2.24) is 10.2 Å². The van der Waals surface area contributed by atoms with Crippen molar-refractivity contribution in [2.24, 2.45) is 0 Å². The molecule has 0 aliphatic heterocycles. The van der Waals surface area contributed by atoms with Crippen molar-refractivity contribution in [3.05, 3.63) is 62.3 Å². The number of thiophene rings is 1. The summed E-state index contributed by atoms with van der Waals surface area (Å²) in [5.74, 6) is -0.212. The summed E-state index contributed by atoms with van der Waals surface area (Å²) in [6.45, 7) is 7.99. The van der Waals surface area contributed by atoms with Crippen molar-refractivity contribution in [3.8, 4) is 0 Å². The Hall–Kier alpha value is -2.94. The molecule has 0 spiro atoms. The van der Waals surface area contributed by atoms with E-state index in [0.717, 1.165) is 23.3 Å². The Balaban J connectivity index is 2.23. The van der Waals surface area contributed by atoms with Crippen molar-refractivity contribution in [2.45, 2.75) is 71.7 Å². The van der Waals surface area contributed by atoms with Crippen LogP contribution in [0.15, 0.2) is 41.8 Å². The van der Waals surface area contributed by atoms with E-state index in [-0.39, 0.29) is 18.1 Å². The van der Waals surface area contributed by atoms with E-state index in [9.17, 15) is 19.7 Å². The number of carbonyl (C=O) groups excluding carboxylic acids is 2. The lowest BCUT2D eigenvalue weighted by Gasteiger charge is -2.29. The van der Waals surface area contributed by atoms with Gasteiger partial charge in [-0.25, -0.2) is 4.79 Å². The monoisotopic (exact) mass is 461 g/mol. The molecule has 9 heteroatoms. The Kier molecular flexibility index (Phi) is 9.19. The van der Waals surface area contributed by atoms with E-state index in [4.69, 9.17) is 4.74 Å². The van der Waals surface area contributed by atoms with Crippen LogP contribution in [0.25, 0.3) is 0 Å². The zero-order chi connectivity index (χ0) is 23.7. The fourth-order valence-electron chi connectivity index (χ4n) is 3.08. The summed E-state index contributed by atoms with van der Waals surface area (Å²) in [4.78, 5) is 39.0. The van der Waals surface area contributed by atoms with E-state index < -0.39 is 22.7 Å². The lowest BCUT2D eigenvalue weighted by atomic mass is 10.1. The molecule has 1 heterocycles. The highest BCUT2D eigenvalue weighted by Gasteiger charge is 2.28. The maximum atomic E-state index is 13.5. The van der Waals surface area contributed by atoms with Gasteiger partial charge in [-0.3, -0.25) is 14.9 Å². The van der Waals surface area contributed by atoms with Gasteiger partial charge in [0.05, 0.1) is 11.5 Å². The molecule has 32 heavy (non-hydrogen) atoms. The number of nitrogens with one attached hydrogen (secondary N) is 1. The zero-order valence-electron chi connectivity index (χ0n) is 19.0. The van der Waals surface area contributed by atoms with Crippen LogP contribution in [0.5, 0.6) is 0 Å². The van der Waals surface area contributed by atoms with Crippen molar-refractivity contribution >= 4 is 29.0 Å². The number of nitro groups is 1. The zero-order valence-corrected chi connectivity index (χ0v) is 19.8. The summed E-state index contributed by atoms with van der Waals surface area (Å²) < 4.78 is 5.36. The van der Waals surface area contributed by atoms with E-state index in [1.165, 1.54) is 12.1 Å². The van der Waals surface area contributed by atoms with Crippen LogP contribution >= 0.6 is 11.3 Å². The van der Waals surface area contributed by atoms with E-state index in [0.29, 0.717) is 13.0 Å². The molecule has 0 bridgehead atoms. The molecule has 2 amide bonds. The molecule has 0 unspecified atom stereocenters. The SMILES string of the molecule is CCCC[C@H](NC(=O)OC(C)(C)C)C(=O)N(Cc1ccc([N+](=O)[O-])cc1)Cc1cccs1. The standard InChI is InChI=1S/C23H31N3O5S/c1-5-6-9-20(24-22(28)31-23(2,3)4)21(27)25(16-19-8-7-14-32-19)15-17-10-12-18(13-11-17)26(29)30/h7-8,10-14,20H,5-6,9,15-16H2,1-4H3,(H,24,28)/t20-/m0/s1. The molecule has 2 rings (SSSR count). The summed E-state index contributed by atoms with van der Waals surface area (Å²) in [5.41, 5.74) is 0.0991. The molecular weight excluding hydrogens is 430 g/mol. The van der Waals surface area contributed by atoms with Crippen LogP contribution < -0.4 is 5.32 Å². The Bertz CT molecular complexity index is 891. The molecule has 2 aromatic rings. The van der Waals surface area contributed by atoms with Gasteiger partial charge in [0.1, 0.15) is 11.6 Å². The van der Waals surface area contributed by atoms with Crippen molar-refractivity contribution in [1.29, 1.82) is 0 Å². The number of unbranched alkanes of at least 4 members (excludes halogenated alkanes) is 1. The lowest BCUT2D eigenvalue weighted by molar-refractivity contribution is -0.384. The molecular formula is C23H31N3O5S. The predicted molar refractivity (Wildman–Crippen MR) is 124 cm³/mol. The van der Waals surface area contributed by atoms with Crippen LogP contribution in [0.1, 0.15) is 57.4 Å². The van der Waals surface area contributed by atoms with E-state index in [1.807, 2.05) is 24.4 Å². The van der Waals surface area contributed by atoms with Crippen LogP contribution in [0.4, 0.5) is 10.5 Å². The summed E-state index contributed by atoms with van der Waals surface area (Å²) in [6, 6.07) is 9.30. The van der Waals surface area contributed by atoms with Crippen molar-refractivity contribution in [2.75, 3.05) is 0 Å². The van der Waals surface area contributed by atoms with Gasteiger partial charge in [0.25, 0.3) is 5.69 Å². The number of alkyl carbamates (subject to hydrolysis) is 1. The van der Waals surface area contributed by atoms with Crippen molar-refractivity contribution in [3.63, 3.8) is 0 Å². The Morgan fingerprint density at radius 3 is 2.41 bits per heavy atom. The first kappa shape index (κ1) is 25.3. The van der Waals surface area contributed by atoms with Crippen LogP contribution in [-0.4, -0.2) is 33.5 Å². The Morgan fingerprint density at radius 2 is 1.88 bits per heavy atom. The maximum absolute atomic E-state index is 13.5. The normalized spacial score (nSPS) is 12.1. The lowest BCUT2D eigenvalue weighted by Crippen LogP contribution is -2.49. The van der Waals surface area contributed by atoms with Gasteiger partial charge < -0.3 is 15.0 Å². The van der Waals surface area contributed by atoms with Crippen LogP contribution in [0.2, 0.25) is 0 Å². The van der Waals surface area contributed by atoms with Gasteiger partial charge in [-0.1, -0.05) is 38.0 Å². The number of ether oxygens (including phenoxy) is 1. The summed E-state index contributed by atoms with van der Waals surface area (Å²) in [5, 5.41) is 15.6.